The molecule has 0 N–H and O–H groups in total. The van der Waals surface area contributed by atoms with E-state index in [1.165, 1.54) is 18.4 Å². The lowest BCUT2D eigenvalue weighted by Crippen LogP contribution is -2.38. The molecule has 1 atom stereocenters. The van der Waals surface area contributed by atoms with Gasteiger partial charge in [0.2, 0.25) is 5.91 Å². The Morgan fingerprint density at radius 2 is 1.74 bits per heavy atom. The smallest absolute Gasteiger partial charge is 0.222 e. The Hall–Kier alpha value is -1.75. The minimum absolute atomic E-state index is 0.373. The Labute approximate surface area is 163 Å². The zero-order valence-electron chi connectivity index (χ0n) is 17.1. The molecule has 2 saturated heterocycles. The van der Waals surface area contributed by atoms with Gasteiger partial charge in [0.1, 0.15) is 0 Å². The van der Waals surface area contributed by atoms with E-state index in [2.05, 4.69) is 28.9 Å². The molecule has 0 aliphatic carbocycles. The van der Waals surface area contributed by atoms with Crippen molar-refractivity contribution < 1.29 is 14.3 Å². The van der Waals surface area contributed by atoms with Crippen LogP contribution in [0.5, 0.6) is 11.5 Å². The van der Waals surface area contributed by atoms with Crippen molar-refractivity contribution >= 4 is 5.91 Å². The molecule has 2 aliphatic rings. The highest BCUT2D eigenvalue weighted by molar-refractivity contribution is 5.76. The summed E-state index contributed by atoms with van der Waals surface area (Å²) in [6.07, 6.45) is 6.38. The third-order valence-corrected chi connectivity index (χ3v) is 6.19. The standard InChI is InChI=1S/C22H34N2O3/c1-4-19(18-7-8-20(26-2)21(16-18)27-3)23-13-9-17(10-14-23)15-22(25)24-11-5-6-12-24/h7-8,16-17,19H,4-6,9-15H2,1-3H3. The molecule has 0 spiro atoms. The Balaban J connectivity index is 1.57. The van der Waals surface area contributed by atoms with Crippen LogP contribution in [0.25, 0.3) is 0 Å². The molecular formula is C22H34N2O3. The van der Waals surface area contributed by atoms with E-state index in [-0.39, 0.29) is 0 Å². The van der Waals surface area contributed by atoms with E-state index in [1.807, 2.05) is 6.07 Å². The Bertz CT molecular complexity index is 620. The molecule has 1 aromatic carbocycles. The molecule has 1 amide bonds. The van der Waals surface area contributed by atoms with Gasteiger partial charge < -0.3 is 14.4 Å². The molecule has 1 unspecified atom stereocenters. The van der Waals surface area contributed by atoms with Crippen molar-refractivity contribution in [3.63, 3.8) is 0 Å². The topological polar surface area (TPSA) is 42.0 Å². The fourth-order valence-electron chi connectivity index (χ4n) is 4.58. The monoisotopic (exact) mass is 374 g/mol. The first-order chi connectivity index (χ1) is 13.2. The summed E-state index contributed by atoms with van der Waals surface area (Å²) in [5.41, 5.74) is 1.28. The number of hydrogen-bond acceptors (Lipinski definition) is 4. The van der Waals surface area contributed by atoms with Crippen LogP contribution >= 0.6 is 0 Å². The van der Waals surface area contributed by atoms with Crippen LogP contribution < -0.4 is 9.47 Å². The average molecular weight is 375 g/mol. The predicted molar refractivity (Wildman–Crippen MR) is 107 cm³/mol. The first kappa shape index (κ1) is 20.0. The van der Waals surface area contributed by atoms with Gasteiger partial charge in [0, 0.05) is 25.6 Å². The number of likely N-dealkylation sites (tertiary alicyclic amines) is 2. The summed E-state index contributed by atoms with van der Waals surface area (Å²) in [6.45, 7) is 6.30. The zero-order valence-corrected chi connectivity index (χ0v) is 17.1. The van der Waals surface area contributed by atoms with E-state index >= 15 is 0 Å². The number of ether oxygens (including phenoxy) is 2. The highest BCUT2D eigenvalue weighted by atomic mass is 16.5. The van der Waals surface area contributed by atoms with Crippen LogP contribution in [0.1, 0.15) is 57.1 Å². The summed E-state index contributed by atoms with van der Waals surface area (Å²) in [7, 11) is 3.36. The molecule has 2 heterocycles. The fourth-order valence-corrected chi connectivity index (χ4v) is 4.58. The van der Waals surface area contributed by atoms with Gasteiger partial charge >= 0.3 is 0 Å². The lowest BCUT2D eigenvalue weighted by Gasteiger charge is -2.38. The summed E-state index contributed by atoms with van der Waals surface area (Å²) in [5.74, 6) is 2.48. The van der Waals surface area contributed by atoms with Gasteiger partial charge in [-0.1, -0.05) is 13.0 Å². The number of carbonyl (C=O) groups is 1. The second-order valence-electron chi connectivity index (χ2n) is 7.81. The quantitative estimate of drug-likeness (QED) is 0.726. The van der Waals surface area contributed by atoms with Gasteiger partial charge in [-0.05, 0) is 68.8 Å². The molecule has 3 rings (SSSR count). The molecule has 150 valence electrons. The third kappa shape index (κ3) is 4.75. The number of hydrogen-bond donors (Lipinski definition) is 0. The van der Waals surface area contributed by atoms with Crippen molar-refractivity contribution in [3.8, 4) is 11.5 Å². The number of amides is 1. The van der Waals surface area contributed by atoms with Crippen LogP contribution in [0.15, 0.2) is 18.2 Å². The van der Waals surface area contributed by atoms with Crippen molar-refractivity contribution in [2.45, 2.75) is 51.5 Å². The van der Waals surface area contributed by atoms with Gasteiger partial charge in [0.25, 0.3) is 0 Å². The van der Waals surface area contributed by atoms with Gasteiger partial charge in [0.05, 0.1) is 14.2 Å². The number of rotatable bonds is 7. The summed E-state index contributed by atoms with van der Waals surface area (Å²) in [6, 6.07) is 6.65. The summed E-state index contributed by atoms with van der Waals surface area (Å²) >= 11 is 0. The molecular weight excluding hydrogens is 340 g/mol. The van der Waals surface area contributed by atoms with Gasteiger partial charge in [-0.15, -0.1) is 0 Å². The first-order valence-electron chi connectivity index (χ1n) is 10.4. The highest BCUT2D eigenvalue weighted by Crippen LogP contribution is 2.35. The van der Waals surface area contributed by atoms with Crippen LogP contribution in [-0.2, 0) is 4.79 Å². The zero-order chi connectivity index (χ0) is 19.2. The van der Waals surface area contributed by atoms with Crippen LogP contribution in [0.3, 0.4) is 0 Å². The van der Waals surface area contributed by atoms with Gasteiger partial charge in [-0.3, -0.25) is 9.69 Å². The van der Waals surface area contributed by atoms with Crippen molar-refractivity contribution in [1.29, 1.82) is 0 Å². The Kier molecular flexibility index (Phi) is 7.00. The average Bonchev–Trinajstić information content (AvgIpc) is 3.24. The molecule has 0 aromatic heterocycles. The number of benzene rings is 1. The van der Waals surface area contributed by atoms with Crippen LogP contribution in [0, 0.1) is 5.92 Å². The van der Waals surface area contributed by atoms with Gasteiger partial charge in [-0.2, -0.15) is 0 Å². The number of nitrogens with zero attached hydrogens (tertiary/aromatic N) is 2. The van der Waals surface area contributed by atoms with E-state index in [4.69, 9.17) is 9.47 Å². The maximum absolute atomic E-state index is 12.4. The van der Waals surface area contributed by atoms with Crippen molar-refractivity contribution in [2.24, 2.45) is 5.92 Å². The van der Waals surface area contributed by atoms with Gasteiger partial charge in [-0.25, -0.2) is 0 Å². The van der Waals surface area contributed by atoms with Crippen molar-refractivity contribution in [3.05, 3.63) is 23.8 Å². The van der Waals surface area contributed by atoms with E-state index in [0.29, 0.717) is 17.9 Å². The van der Waals surface area contributed by atoms with Crippen LogP contribution in [0.4, 0.5) is 0 Å². The predicted octanol–water partition coefficient (Wildman–Crippen LogP) is 3.88. The van der Waals surface area contributed by atoms with Crippen molar-refractivity contribution in [1.82, 2.24) is 9.80 Å². The van der Waals surface area contributed by atoms with Crippen LogP contribution in [-0.4, -0.2) is 56.1 Å². The molecule has 0 radical (unpaired) electrons. The summed E-state index contributed by atoms with van der Waals surface area (Å²) < 4.78 is 10.9. The molecule has 0 saturated carbocycles. The number of carbonyl (C=O) groups excluding carboxylic acids is 1. The molecule has 5 nitrogen and oxygen atoms in total. The first-order valence-corrected chi connectivity index (χ1v) is 10.4. The molecule has 0 bridgehead atoms. The summed E-state index contributed by atoms with van der Waals surface area (Å²) in [5, 5.41) is 0. The lowest BCUT2D eigenvalue weighted by molar-refractivity contribution is -0.131. The normalized spacial score (nSPS) is 19.9. The van der Waals surface area contributed by atoms with E-state index in [1.54, 1.807) is 14.2 Å². The molecule has 2 aliphatic heterocycles. The molecule has 2 fully saturated rings. The van der Waals surface area contributed by atoms with E-state index < -0.39 is 0 Å². The third-order valence-electron chi connectivity index (χ3n) is 6.19. The lowest BCUT2D eigenvalue weighted by atomic mass is 9.90. The summed E-state index contributed by atoms with van der Waals surface area (Å²) in [4.78, 5) is 17.1. The number of piperidine rings is 1. The number of methoxy groups -OCH3 is 2. The molecule has 1 aromatic rings. The largest absolute Gasteiger partial charge is 0.493 e. The minimum atomic E-state index is 0.373. The van der Waals surface area contributed by atoms with E-state index in [9.17, 15) is 4.79 Å². The fraction of sp³-hybridized carbons (Fsp3) is 0.682. The molecule has 5 heteroatoms. The van der Waals surface area contributed by atoms with Crippen LogP contribution in [0.2, 0.25) is 0 Å². The van der Waals surface area contributed by atoms with Crippen molar-refractivity contribution in [2.75, 3.05) is 40.4 Å². The van der Waals surface area contributed by atoms with E-state index in [0.717, 1.165) is 63.4 Å². The second-order valence-corrected chi connectivity index (χ2v) is 7.81. The second kappa shape index (κ2) is 9.45. The highest BCUT2D eigenvalue weighted by Gasteiger charge is 2.28. The maximum Gasteiger partial charge on any atom is 0.222 e. The SMILES string of the molecule is CCC(c1ccc(OC)c(OC)c1)N1CCC(CC(=O)N2CCCC2)CC1. The molecule has 27 heavy (non-hydrogen) atoms. The maximum atomic E-state index is 12.4. The Morgan fingerprint density at radius 1 is 1.07 bits per heavy atom. The van der Waals surface area contributed by atoms with Gasteiger partial charge in [0.15, 0.2) is 11.5 Å². The Morgan fingerprint density at radius 3 is 2.33 bits per heavy atom. The minimum Gasteiger partial charge on any atom is -0.493 e.